The van der Waals surface area contributed by atoms with Crippen LogP contribution in [0.15, 0.2) is 60.7 Å². The molecule has 3 aromatic rings. The Balaban J connectivity index is 1.76. The molecule has 3 aromatic carbocycles. The first-order valence-electron chi connectivity index (χ1n) is 7.01. The quantitative estimate of drug-likeness (QED) is 0.702. The van der Waals surface area contributed by atoms with Crippen molar-refractivity contribution in [2.24, 2.45) is 0 Å². The smallest absolute Gasteiger partial charge is 0.123 e. The van der Waals surface area contributed by atoms with Crippen molar-refractivity contribution in [1.29, 1.82) is 5.26 Å². The van der Waals surface area contributed by atoms with Crippen molar-refractivity contribution >= 4 is 10.8 Å². The van der Waals surface area contributed by atoms with E-state index in [2.05, 4.69) is 6.07 Å². The largest absolute Gasteiger partial charge is 0.489 e. The summed E-state index contributed by atoms with van der Waals surface area (Å²) in [6, 6.07) is 20.2. The first-order chi connectivity index (χ1) is 10.7. The average molecular weight is 291 g/mol. The highest BCUT2D eigenvalue weighted by molar-refractivity contribution is 5.83. The molecule has 2 nitrogen and oxygen atoms in total. The maximum absolute atomic E-state index is 13.3. The van der Waals surface area contributed by atoms with E-state index in [0.717, 1.165) is 27.6 Å². The fourth-order valence-electron chi connectivity index (χ4n) is 2.36. The number of nitriles is 1. The van der Waals surface area contributed by atoms with Crippen LogP contribution < -0.4 is 4.74 Å². The first-order valence-corrected chi connectivity index (χ1v) is 7.01. The van der Waals surface area contributed by atoms with E-state index in [0.29, 0.717) is 13.0 Å². The molecule has 0 bridgehead atoms. The highest BCUT2D eigenvalue weighted by Crippen LogP contribution is 2.20. The summed E-state index contributed by atoms with van der Waals surface area (Å²) in [6.45, 7) is 0.405. The molecule has 3 rings (SSSR count). The number of hydrogen-bond acceptors (Lipinski definition) is 2. The van der Waals surface area contributed by atoms with Gasteiger partial charge in [-0.05, 0) is 52.2 Å². The lowest BCUT2D eigenvalue weighted by atomic mass is 10.1. The second-order valence-electron chi connectivity index (χ2n) is 5.10. The maximum atomic E-state index is 13.3. The predicted molar refractivity (Wildman–Crippen MR) is 84.0 cm³/mol. The SMILES string of the molecule is N#CCc1cccc(OCc2ccc3ccc(F)cc3c2)c1. The van der Waals surface area contributed by atoms with E-state index < -0.39 is 0 Å². The molecule has 0 fully saturated rings. The van der Waals surface area contributed by atoms with Crippen LogP contribution in [0.2, 0.25) is 0 Å². The Morgan fingerprint density at radius 2 is 1.77 bits per heavy atom. The van der Waals surface area contributed by atoms with Gasteiger partial charge in [-0.25, -0.2) is 4.39 Å². The Hall–Kier alpha value is -2.86. The lowest BCUT2D eigenvalue weighted by molar-refractivity contribution is 0.306. The molecule has 0 N–H and O–H groups in total. The Kier molecular flexibility index (Phi) is 4.02. The van der Waals surface area contributed by atoms with Gasteiger partial charge < -0.3 is 4.74 Å². The van der Waals surface area contributed by atoms with Crippen molar-refractivity contribution < 1.29 is 9.13 Å². The average Bonchev–Trinajstić information content (AvgIpc) is 2.53. The van der Waals surface area contributed by atoms with Gasteiger partial charge in [0.25, 0.3) is 0 Å². The monoisotopic (exact) mass is 291 g/mol. The number of rotatable bonds is 4. The Morgan fingerprint density at radius 1 is 0.909 bits per heavy atom. The highest BCUT2D eigenvalue weighted by atomic mass is 19.1. The zero-order valence-electron chi connectivity index (χ0n) is 11.9. The molecule has 0 aromatic heterocycles. The van der Waals surface area contributed by atoms with E-state index in [1.54, 1.807) is 6.07 Å². The molecular formula is C19H14FNO. The number of ether oxygens (including phenoxy) is 1. The Labute approximate surface area is 128 Å². The number of halogens is 1. The molecule has 0 spiro atoms. The molecule has 0 aliphatic rings. The normalized spacial score (nSPS) is 10.4. The Bertz CT molecular complexity index is 851. The van der Waals surface area contributed by atoms with Gasteiger partial charge in [-0.3, -0.25) is 0 Å². The molecule has 0 heterocycles. The van der Waals surface area contributed by atoms with Crippen LogP contribution in [0.4, 0.5) is 4.39 Å². The van der Waals surface area contributed by atoms with Gasteiger partial charge >= 0.3 is 0 Å². The summed E-state index contributed by atoms with van der Waals surface area (Å²) in [5.74, 6) is 0.488. The number of fused-ring (bicyclic) bond motifs is 1. The van der Waals surface area contributed by atoms with E-state index >= 15 is 0 Å². The fraction of sp³-hybridized carbons (Fsp3) is 0.105. The van der Waals surface area contributed by atoms with Crippen LogP contribution in [0.1, 0.15) is 11.1 Å². The zero-order chi connectivity index (χ0) is 15.4. The predicted octanol–water partition coefficient (Wildman–Crippen LogP) is 4.62. The lowest BCUT2D eigenvalue weighted by Gasteiger charge is -2.08. The molecule has 3 heteroatoms. The Morgan fingerprint density at radius 3 is 2.64 bits per heavy atom. The number of nitrogens with zero attached hydrogens (tertiary/aromatic N) is 1. The second-order valence-corrected chi connectivity index (χ2v) is 5.10. The topological polar surface area (TPSA) is 33.0 Å². The van der Waals surface area contributed by atoms with Gasteiger partial charge in [0, 0.05) is 0 Å². The lowest BCUT2D eigenvalue weighted by Crippen LogP contribution is -1.96. The molecule has 0 radical (unpaired) electrons. The van der Waals surface area contributed by atoms with E-state index in [4.69, 9.17) is 10.00 Å². The standard InChI is InChI=1S/C19H14FNO/c20-18-7-6-16-5-4-15(10-17(16)12-18)13-22-19-3-1-2-14(11-19)8-9-21/h1-7,10-12H,8,13H2. The zero-order valence-corrected chi connectivity index (χ0v) is 11.9. The number of benzene rings is 3. The molecule has 0 unspecified atom stereocenters. The summed E-state index contributed by atoms with van der Waals surface area (Å²) in [7, 11) is 0. The molecule has 0 aliphatic carbocycles. The van der Waals surface area contributed by atoms with E-state index in [-0.39, 0.29) is 5.82 Å². The summed E-state index contributed by atoms with van der Waals surface area (Å²) in [5, 5.41) is 10.6. The van der Waals surface area contributed by atoms with Crippen molar-refractivity contribution in [1.82, 2.24) is 0 Å². The van der Waals surface area contributed by atoms with Crippen molar-refractivity contribution in [3.05, 3.63) is 77.6 Å². The van der Waals surface area contributed by atoms with Gasteiger partial charge in [-0.15, -0.1) is 0 Å². The van der Waals surface area contributed by atoms with Gasteiger partial charge in [-0.2, -0.15) is 5.26 Å². The fourth-order valence-corrected chi connectivity index (χ4v) is 2.36. The summed E-state index contributed by atoms with van der Waals surface area (Å²) < 4.78 is 19.0. The molecular weight excluding hydrogens is 277 g/mol. The van der Waals surface area contributed by atoms with Crippen molar-refractivity contribution in [3.63, 3.8) is 0 Å². The number of hydrogen-bond donors (Lipinski definition) is 0. The van der Waals surface area contributed by atoms with Crippen LogP contribution >= 0.6 is 0 Å². The summed E-state index contributed by atoms with van der Waals surface area (Å²) >= 11 is 0. The van der Waals surface area contributed by atoms with Crippen LogP contribution in [0, 0.1) is 17.1 Å². The molecule has 0 saturated heterocycles. The summed E-state index contributed by atoms with van der Waals surface area (Å²) in [6.07, 6.45) is 0.368. The summed E-state index contributed by atoms with van der Waals surface area (Å²) in [4.78, 5) is 0. The van der Waals surface area contributed by atoms with Crippen LogP contribution in [0.25, 0.3) is 10.8 Å². The van der Waals surface area contributed by atoms with Crippen LogP contribution in [0.5, 0.6) is 5.75 Å². The minimum Gasteiger partial charge on any atom is -0.489 e. The summed E-state index contributed by atoms with van der Waals surface area (Å²) in [5.41, 5.74) is 1.91. The van der Waals surface area contributed by atoms with Gasteiger partial charge in [0.15, 0.2) is 0 Å². The minimum atomic E-state index is -0.241. The van der Waals surface area contributed by atoms with Crippen molar-refractivity contribution in [2.75, 3.05) is 0 Å². The van der Waals surface area contributed by atoms with Crippen LogP contribution in [-0.4, -0.2) is 0 Å². The molecule has 108 valence electrons. The first kappa shape index (κ1) is 14.1. The highest BCUT2D eigenvalue weighted by Gasteiger charge is 2.01. The molecule has 0 atom stereocenters. The van der Waals surface area contributed by atoms with E-state index in [1.165, 1.54) is 12.1 Å². The van der Waals surface area contributed by atoms with E-state index in [9.17, 15) is 4.39 Å². The van der Waals surface area contributed by atoms with Gasteiger partial charge in [0.05, 0.1) is 12.5 Å². The maximum Gasteiger partial charge on any atom is 0.123 e. The van der Waals surface area contributed by atoms with Crippen molar-refractivity contribution in [2.45, 2.75) is 13.0 Å². The van der Waals surface area contributed by atoms with Gasteiger partial charge in [0.1, 0.15) is 18.2 Å². The molecule has 0 aliphatic heterocycles. The van der Waals surface area contributed by atoms with Gasteiger partial charge in [-0.1, -0.05) is 30.3 Å². The van der Waals surface area contributed by atoms with Crippen LogP contribution in [-0.2, 0) is 13.0 Å². The molecule has 22 heavy (non-hydrogen) atoms. The second kappa shape index (κ2) is 6.28. The molecule has 0 saturated carbocycles. The molecule has 0 amide bonds. The van der Waals surface area contributed by atoms with Crippen LogP contribution in [0.3, 0.4) is 0 Å². The minimum absolute atomic E-state index is 0.241. The third kappa shape index (κ3) is 3.24. The van der Waals surface area contributed by atoms with Crippen molar-refractivity contribution in [3.8, 4) is 11.8 Å². The van der Waals surface area contributed by atoms with Gasteiger partial charge in [0.2, 0.25) is 0 Å². The third-order valence-corrected chi connectivity index (χ3v) is 3.45. The third-order valence-electron chi connectivity index (χ3n) is 3.45. The van der Waals surface area contributed by atoms with E-state index in [1.807, 2.05) is 42.5 Å².